The van der Waals surface area contributed by atoms with E-state index in [0.717, 1.165) is 12.5 Å². The molecule has 0 amide bonds. The summed E-state index contributed by atoms with van der Waals surface area (Å²) >= 11 is 0. The van der Waals surface area contributed by atoms with Crippen LogP contribution in [-0.2, 0) is 6.54 Å². The second-order valence-corrected chi connectivity index (χ2v) is 4.78. The van der Waals surface area contributed by atoms with Crippen LogP contribution < -0.4 is 5.32 Å². The Morgan fingerprint density at radius 2 is 2.06 bits per heavy atom. The van der Waals surface area contributed by atoms with E-state index in [4.69, 9.17) is 0 Å². The van der Waals surface area contributed by atoms with Crippen LogP contribution in [0, 0.1) is 6.92 Å². The van der Waals surface area contributed by atoms with E-state index in [1.54, 1.807) is 0 Å². The van der Waals surface area contributed by atoms with Crippen LogP contribution in [-0.4, -0.2) is 15.6 Å². The number of imidazole rings is 1. The lowest BCUT2D eigenvalue weighted by Gasteiger charge is -2.09. The number of anilines is 1. The number of nitrogens with one attached hydrogen (secondary N) is 1. The van der Waals surface area contributed by atoms with Gasteiger partial charge in [-0.05, 0) is 25.3 Å². The van der Waals surface area contributed by atoms with Crippen molar-refractivity contribution >= 4 is 5.95 Å². The van der Waals surface area contributed by atoms with E-state index in [0.29, 0.717) is 6.04 Å². The zero-order valence-electron chi connectivity index (χ0n) is 10.1. The highest BCUT2D eigenvalue weighted by molar-refractivity contribution is 5.31. The van der Waals surface area contributed by atoms with Crippen molar-refractivity contribution in [2.45, 2.75) is 32.4 Å². The molecule has 88 valence electrons. The lowest BCUT2D eigenvalue weighted by Crippen LogP contribution is -2.09. The van der Waals surface area contributed by atoms with Crippen molar-refractivity contribution in [2.24, 2.45) is 0 Å². The summed E-state index contributed by atoms with van der Waals surface area (Å²) in [6, 6.07) is 9.31. The Kier molecular flexibility index (Phi) is 2.59. The Bertz CT molecular complexity index is 494. The van der Waals surface area contributed by atoms with Crippen LogP contribution in [0.15, 0.2) is 36.7 Å². The Morgan fingerprint density at radius 3 is 2.76 bits per heavy atom. The fourth-order valence-electron chi connectivity index (χ4n) is 1.88. The molecule has 1 heterocycles. The van der Waals surface area contributed by atoms with E-state index in [2.05, 4.69) is 46.1 Å². The van der Waals surface area contributed by atoms with Gasteiger partial charge in [0.25, 0.3) is 0 Å². The van der Waals surface area contributed by atoms with Crippen molar-refractivity contribution in [1.82, 2.24) is 9.55 Å². The van der Waals surface area contributed by atoms with Gasteiger partial charge in [-0.1, -0.05) is 29.8 Å². The molecule has 0 radical (unpaired) electrons. The van der Waals surface area contributed by atoms with E-state index in [-0.39, 0.29) is 0 Å². The molecule has 17 heavy (non-hydrogen) atoms. The SMILES string of the molecule is Cc1ccc(Cn2ccnc2NC2CC2)cc1. The minimum absolute atomic E-state index is 0.647. The van der Waals surface area contributed by atoms with Gasteiger partial charge < -0.3 is 9.88 Å². The van der Waals surface area contributed by atoms with Crippen LogP contribution in [0.2, 0.25) is 0 Å². The molecule has 0 atom stereocenters. The normalized spacial score (nSPS) is 14.9. The molecule has 3 rings (SSSR count). The average Bonchev–Trinajstić information content (AvgIpc) is 3.03. The second kappa shape index (κ2) is 4.24. The van der Waals surface area contributed by atoms with Gasteiger partial charge in [0.05, 0.1) is 6.54 Å². The summed E-state index contributed by atoms with van der Waals surface area (Å²) < 4.78 is 2.17. The largest absolute Gasteiger partial charge is 0.353 e. The quantitative estimate of drug-likeness (QED) is 0.870. The number of benzene rings is 1. The monoisotopic (exact) mass is 227 g/mol. The highest BCUT2D eigenvalue weighted by Crippen LogP contribution is 2.24. The highest BCUT2D eigenvalue weighted by atomic mass is 15.2. The van der Waals surface area contributed by atoms with Crippen molar-refractivity contribution in [3.63, 3.8) is 0 Å². The molecule has 0 spiro atoms. The molecule has 1 aromatic carbocycles. The Morgan fingerprint density at radius 1 is 1.29 bits per heavy atom. The third kappa shape index (κ3) is 2.49. The zero-order chi connectivity index (χ0) is 11.7. The second-order valence-electron chi connectivity index (χ2n) is 4.78. The molecular weight excluding hydrogens is 210 g/mol. The summed E-state index contributed by atoms with van der Waals surface area (Å²) in [6.07, 6.45) is 6.44. The van der Waals surface area contributed by atoms with Crippen LogP contribution in [0.1, 0.15) is 24.0 Å². The number of rotatable bonds is 4. The molecule has 0 bridgehead atoms. The maximum absolute atomic E-state index is 4.36. The van der Waals surface area contributed by atoms with Crippen LogP contribution in [0.5, 0.6) is 0 Å². The summed E-state index contributed by atoms with van der Waals surface area (Å²) in [6.45, 7) is 3.00. The molecule has 1 N–H and O–H groups in total. The first-order valence-electron chi connectivity index (χ1n) is 6.14. The van der Waals surface area contributed by atoms with Crippen molar-refractivity contribution in [1.29, 1.82) is 0 Å². The molecule has 1 aromatic heterocycles. The molecule has 3 heteroatoms. The van der Waals surface area contributed by atoms with E-state index in [1.165, 1.54) is 24.0 Å². The van der Waals surface area contributed by atoms with Gasteiger partial charge in [-0.3, -0.25) is 0 Å². The zero-order valence-corrected chi connectivity index (χ0v) is 10.1. The molecule has 3 nitrogen and oxygen atoms in total. The van der Waals surface area contributed by atoms with Crippen molar-refractivity contribution in [3.8, 4) is 0 Å². The predicted molar refractivity (Wildman–Crippen MR) is 69.2 cm³/mol. The van der Waals surface area contributed by atoms with E-state index < -0.39 is 0 Å². The number of hydrogen-bond donors (Lipinski definition) is 1. The molecule has 1 fully saturated rings. The number of nitrogens with zero attached hydrogens (tertiary/aromatic N) is 2. The minimum atomic E-state index is 0.647. The van der Waals surface area contributed by atoms with Gasteiger partial charge in [0.2, 0.25) is 5.95 Å². The molecule has 0 saturated heterocycles. The van der Waals surface area contributed by atoms with E-state index in [9.17, 15) is 0 Å². The summed E-state index contributed by atoms with van der Waals surface area (Å²) in [7, 11) is 0. The summed E-state index contributed by atoms with van der Waals surface area (Å²) in [5, 5.41) is 3.45. The molecule has 1 saturated carbocycles. The first-order chi connectivity index (χ1) is 8.31. The number of hydrogen-bond acceptors (Lipinski definition) is 2. The third-order valence-corrected chi connectivity index (χ3v) is 3.10. The molecule has 0 aliphatic heterocycles. The van der Waals surface area contributed by atoms with Crippen molar-refractivity contribution in [2.75, 3.05) is 5.32 Å². The standard InChI is InChI=1S/C14H17N3/c1-11-2-4-12(5-3-11)10-17-9-8-15-14(17)16-13-6-7-13/h2-5,8-9,13H,6-7,10H2,1H3,(H,15,16). The Balaban J connectivity index is 1.75. The minimum Gasteiger partial charge on any atom is -0.353 e. The molecular formula is C14H17N3. The van der Waals surface area contributed by atoms with Crippen LogP contribution in [0.25, 0.3) is 0 Å². The molecule has 1 aliphatic carbocycles. The summed E-state index contributed by atoms with van der Waals surface area (Å²) in [4.78, 5) is 4.36. The lowest BCUT2D eigenvalue weighted by atomic mass is 10.1. The Hall–Kier alpha value is -1.77. The maximum atomic E-state index is 4.36. The maximum Gasteiger partial charge on any atom is 0.203 e. The van der Waals surface area contributed by atoms with Crippen LogP contribution in [0.3, 0.4) is 0 Å². The lowest BCUT2D eigenvalue weighted by molar-refractivity contribution is 0.796. The molecule has 1 aliphatic rings. The van der Waals surface area contributed by atoms with Gasteiger partial charge in [-0.25, -0.2) is 4.98 Å². The van der Waals surface area contributed by atoms with E-state index in [1.807, 2.05) is 12.4 Å². The van der Waals surface area contributed by atoms with Crippen LogP contribution in [0.4, 0.5) is 5.95 Å². The number of aromatic nitrogens is 2. The fraction of sp³-hybridized carbons (Fsp3) is 0.357. The van der Waals surface area contributed by atoms with Gasteiger partial charge in [0.15, 0.2) is 0 Å². The predicted octanol–water partition coefficient (Wildman–Crippen LogP) is 2.81. The van der Waals surface area contributed by atoms with Gasteiger partial charge in [0.1, 0.15) is 0 Å². The Labute approximate surface area is 101 Å². The van der Waals surface area contributed by atoms with Gasteiger partial charge in [0, 0.05) is 18.4 Å². The van der Waals surface area contributed by atoms with Gasteiger partial charge in [-0.15, -0.1) is 0 Å². The fourth-order valence-corrected chi connectivity index (χ4v) is 1.88. The highest BCUT2D eigenvalue weighted by Gasteiger charge is 2.22. The first-order valence-corrected chi connectivity index (χ1v) is 6.14. The topological polar surface area (TPSA) is 29.9 Å². The van der Waals surface area contributed by atoms with Crippen molar-refractivity contribution < 1.29 is 0 Å². The number of aryl methyl sites for hydroxylation is 1. The van der Waals surface area contributed by atoms with Crippen LogP contribution >= 0.6 is 0 Å². The summed E-state index contributed by atoms with van der Waals surface area (Å²) in [5.41, 5.74) is 2.61. The summed E-state index contributed by atoms with van der Waals surface area (Å²) in [5.74, 6) is 0.994. The average molecular weight is 227 g/mol. The van der Waals surface area contributed by atoms with Crippen molar-refractivity contribution in [3.05, 3.63) is 47.8 Å². The van der Waals surface area contributed by atoms with Gasteiger partial charge in [-0.2, -0.15) is 0 Å². The van der Waals surface area contributed by atoms with Gasteiger partial charge >= 0.3 is 0 Å². The molecule has 2 aromatic rings. The first kappa shape index (κ1) is 10.4. The van der Waals surface area contributed by atoms with E-state index >= 15 is 0 Å². The molecule has 0 unspecified atom stereocenters. The third-order valence-electron chi connectivity index (χ3n) is 3.10. The smallest absolute Gasteiger partial charge is 0.203 e.